The van der Waals surface area contributed by atoms with Gasteiger partial charge in [-0.1, -0.05) is 12.1 Å². The van der Waals surface area contributed by atoms with E-state index in [0.29, 0.717) is 24.0 Å². The molecule has 1 aliphatic rings. The van der Waals surface area contributed by atoms with Crippen molar-refractivity contribution >= 4 is 11.7 Å². The van der Waals surface area contributed by atoms with E-state index in [4.69, 9.17) is 0 Å². The van der Waals surface area contributed by atoms with E-state index in [0.717, 1.165) is 12.8 Å². The molecule has 2 aromatic rings. The monoisotopic (exact) mass is 330 g/mol. The number of benzene rings is 1. The number of anilines is 1. The average Bonchev–Trinajstić information content (AvgIpc) is 3.44. The minimum atomic E-state index is -0.758. The van der Waals surface area contributed by atoms with Gasteiger partial charge in [-0.05, 0) is 42.7 Å². The molecule has 1 aliphatic carbocycles. The molecule has 1 aromatic carbocycles. The summed E-state index contributed by atoms with van der Waals surface area (Å²) in [5.41, 5.74) is 0.896. The van der Waals surface area contributed by atoms with Crippen LogP contribution < -0.4 is 10.2 Å². The van der Waals surface area contributed by atoms with Crippen molar-refractivity contribution in [3.63, 3.8) is 0 Å². The largest absolute Gasteiger partial charge is 0.387 e. The molecular weight excluding hydrogens is 311 g/mol. The Morgan fingerprint density at radius 3 is 2.54 bits per heavy atom. The van der Waals surface area contributed by atoms with Crippen LogP contribution in [0.5, 0.6) is 0 Å². The van der Waals surface area contributed by atoms with Gasteiger partial charge in [0.1, 0.15) is 5.82 Å². The fourth-order valence-electron chi connectivity index (χ4n) is 2.52. The van der Waals surface area contributed by atoms with Crippen molar-refractivity contribution in [3.8, 4) is 0 Å². The van der Waals surface area contributed by atoms with E-state index in [-0.39, 0.29) is 17.4 Å². The molecule has 2 N–H and O–H groups in total. The third-order valence-corrected chi connectivity index (χ3v) is 4.02. The maximum absolute atomic E-state index is 13.0. The maximum Gasteiger partial charge on any atom is 0.271 e. The summed E-state index contributed by atoms with van der Waals surface area (Å²) in [4.78, 5) is 13.5. The van der Waals surface area contributed by atoms with E-state index in [1.165, 1.54) is 19.2 Å². The van der Waals surface area contributed by atoms with Crippen molar-refractivity contribution in [1.29, 1.82) is 0 Å². The molecule has 24 heavy (non-hydrogen) atoms. The van der Waals surface area contributed by atoms with Crippen molar-refractivity contribution in [2.75, 3.05) is 18.5 Å². The molecule has 1 aromatic heterocycles. The van der Waals surface area contributed by atoms with Gasteiger partial charge in [-0.15, -0.1) is 10.2 Å². The second-order valence-electron chi connectivity index (χ2n) is 5.81. The summed E-state index contributed by atoms with van der Waals surface area (Å²) >= 11 is 0. The normalized spacial score (nSPS) is 15.0. The third-order valence-electron chi connectivity index (χ3n) is 4.02. The van der Waals surface area contributed by atoms with Crippen molar-refractivity contribution < 1.29 is 14.3 Å². The number of aromatic nitrogens is 2. The molecule has 1 saturated carbocycles. The number of rotatable bonds is 6. The topological polar surface area (TPSA) is 78.4 Å². The van der Waals surface area contributed by atoms with Gasteiger partial charge < -0.3 is 15.3 Å². The van der Waals surface area contributed by atoms with E-state index in [1.807, 2.05) is 4.90 Å². The molecule has 1 unspecified atom stereocenters. The summed E-state index contributed by atoms with van der Waals surface area (Å²) < 4.78 is 13.0. The summed E-state index contributed by atoms with van der Waals surface area (Å²) in [6.07, 6.45) is 1.29. The van der Waals surface area contributed by atoms with E-state index in [2.05, 4.69) is 15.5 Å². The summed E-state index contributed by atoms with van der Waals surface area (Å²) in [6, 6.07) is 9.46. The Bertz CT molecular complexity index is 702. The lowest BCUT2D eigenvalue weighted by molar-refractivity contribution is 0.0957. The molecule has 6 nitrogen and oxygen atoms in total. The highest BCUT2D eigenvalue weighted by Gasteiger charge is 2.32. The predicted molar refractivity (Wildman–Crippen MR) is 87.2 cm³/mol. The Labute approximate surface area is 139 Å². The number of hydrogen-bond donors (Lipinski definition) is 2. The Hall–Kier alpha value is -2.54. The average molecular weight is 330 g/mol. The lowest BCUT2D eigenvalue weighted by atomic mass is 10.1. The van der Waals surface area contributed by atoms with Gasteiger partial charge in [0.2, 0.25) is 0 Å². The molecule has 1 heterocycles. The zero-order valence-electron chi connectivity index (χ0n) is 13.3. The van der Waals surface area contributed by atoms with Crippen LogP contribution in [0.2, 0.25) is 0 Å². The van der Waals surface area contributed by atoms with Crippen LogP contribution in [0.3, 0.4) is 0 Å². The Kier molecular flexibility index (Phi) is 4.71. The maximum atomic E-state index is 13.0. The number of carbonyl (C=O) groups excluding carboxylic acids is 1. The van der Waals surface area contributed by atoms with Gasteiger partial charge in [0.05, 0.1) is 6.10 Å². The fourth-order valence-corrected chi connectivity index (χ4v) is 2.52. The molecule has 1 amide bonds. The van der Waals surface area contributed by atoms with Crippen LogP contribution >= 0.6 is 0 Å². The standard InChI is InChI=1S/C17H19FN4O2/c1-19-17(24)14-8-9-16(21-20-14)22(13-6-7-13)10-15(23)11-2-4-12(18)5-3-11/h2-5,8-9,13,15,23H,6-7,10H2,1H3,(H,19,24). The summed E-state index contributed by atoms with van der Waals surface area (Å²) in [5, 5.41) is 21.0. The molecule has 0 aliphatic heterocycles. The molecule has 0 radical (unpaired) electrons. The second kappa shape index (κ2) is 6.92. The summed E-state index contributed by atoms with van der Waals surface area (Å²) in [6.45, 7) is 0.338. The SMILES string of the molecule is CNC(=O)c1ccc(N(CC(O)c2ccc(F)cc2)C2CC2)nn1. The summed E-state index contributed by atoms with van der Waals surface area (Å²) in [7, 11) is 1.54. The van der Waals surface area contributed by atoms with Crippen molar-refractivity contribution in [2.45, 2.75) is 25.0 Å². The van der Waals surface area contributed by atoms with Crippen LogP contribution in [0.15, 0.2) is 36.4 Å². The van der Waals surface area contributed by atoms with Crippen LogP contribution in [0.4, 0.5) is 10.2 Å². The number of nitrogens with zero attached hydrogens (tertiary/aromatic N) is 3. The molecule has 3 rings (SSSR count). The van der Waals surface area contributed by atoms with Crippen LogP contribution in [0.1, 0.15) is 35.0 Å². The highest BCUT2D eigenvalue weighted by atomic mass is 19.1. The Morgan fingerprint density at radius 1 is 1.29 bits per heavy atom. The van der Waals surface area contributed by atoms with Gasteiger partial charge in [-0.3, -0.25) is 4.79 Å². The molecule has 0 bridgehead atoms. The Morgan fingerprint density at radius 2 is 2.00 bits per heavy atom. The smallest absolute Gasteiger partial charge is 0.271 e. The number of amides is 1. The number of carbonyl (C=O) groups is 1. The number of nitrogens with one attached hydrogen (secondary N) is 1. The molecular formula is C17H19FN4O2. The van der Waals surface area contributed by atoms with E-state index in [1.54, 1.807) is 24.3 Å². The number of aliphatic hydroxyl groups excluding tert-OH is 1. The lowest BCUT2D eigenvalue weighted by Crippen LogP contribution is -2.32. The first-order chi connectivity index (χ1) is 11.6. The molecule has 0 spiro atoms. The summed E-state index contributed by atoms with van der Waals surface area (Å²) in [5.74, 6) is -0.00895. The van der Waals surface area contributed by atoms with Gasteiger partial charge in [0.15, 0.2) is 11.5 Å². The minimum absolute atomic E-state index is 0.246. The van der Waals surface area contributed by atoms with Gasteiger partial charge in [-0.2, -0.15) is 0 Å². The third kappa shape index (κ3) is 3.68. The van der Waals surface area contributed by atoms with E-state index >= 15 is 0 Å². The molecule has 1 atom stereocenters. The zero-order chi connectivity index (χ0) is 17.1. The van der Waals surface area contributed by atoms with E-state index < -0.39 is 6.10 Å². The van der Waals surface area contributed by atoms with Crippen molar-refractivity contribution in [3.05, 3.63) is 53.5 Å². The zero-order valence-corrected chi connectivity index (χ0v) is 13.3. The highest BCUT2D eigenvalue weighted by Crippen LogP contribution is 2.32. The second-order valence-corrected chi connectivity index (χ2v) is 5.81. The van der Waals surface area contributed by atoms with Crippen LogP contribution in [-0.4, -0.2) is 40.8 Å². The predicted octanol–water partition coefficient (Wildman–Crippen LogP) is 1.68. The van der Waals surface area contributed by atoms with E-state index in [9.17, 15) is 14.3 Å². The minimum Gasteiger partial charge on any atom is -0.387 e. The van der Waals surface area contributed by atoms with Crippen molar-refractivity contribution in [2.24, 2.45) is 0 Å². The van der Waals surface area contributed by atoms with Crippen LogP contribution in [0, 0.1) is 5.82 Å². The van der Waals surface area contributed by atoms with Crippen LogP contribution in [0.25, 0.3) is 0 Å². The van der Waals surface area contributed by atoms with Crippen molar-refractivity contribution in [1.82, 2.24) is 15.5 Å². The first-order valence-corrected chi connectivity index (χ1v) is 7.84. The lowest BCUT2D eigenvalue weighted by Gasteiger charge is -2.26. The van der Waals surface area contributed by atoms with Gasteiger partial charge in [-0.25, -0.2) is 4.39 Å². The van der Waals surface area contributed by atoms with Crippen LogP contribution in [-0.2, 0) is 0 Å². The first kappa shape index (κ1) is 16.3. The Balaban J connectivity index is 1.75. The molecule has 7 heteroatoms. The molecule has 126 valence electrons. The molecule has 0 saturated heterocycles. The highest BCUT2D eigenvalue weighted by molar-refractivity contribution is 5.91. The molecule has 1 fully saturated rings. The van der Waals surface area contributed by atoms with Gasteiger partial charge in [0, 0.05) is 19.6 Å². The first-order valence-electron chi connectivity index (χ1n) is 7.84. The van der Waals surface area contributed by atoms with Gasteiger partial charge in [0.25, 0.3) is 5.91 Å². The number of hydrogen-bond acceptors (Lipinski definition) is 5. The van der Waals surface area contributed by atoms with Gasteiger partial charge >= 0.3 is 0 Å². The number of halogens is 1. The quantitative estimate of drug-likeness (QED) is 0.842. The fraction of sp³-hybridized carbons (Fsp3) is 0.353. The number of aliphatic hydroxyl groups is 1.